The largest absolute Gasteiger partial charge is 0.308 e. The number of carbonyl (C=O) groups is 1. The van der Waals surface area contributed by atoms with Gasteiger partial charge in [0.15, 0.2) is 5.78 Å². The highest BCUT2D eigenvalue weighted by Crippen LogP contribution is 2.27. The van der Waals surface area contributed by atoms with Gasteiger partial charge in [0.25, 0.3) is 0 Å². The van der Waals surface area contributed by atoms with E-state index in [2.05, 4.69) is 31.0 Å². The molecule has 1 saturated heterocycles. The molecule has 2 aromatic carbocycles. The first-order valence-electron chi connectivity index (χ1n) is 12.1. The zero-order valence-corrected chi connectivity index (χ0v) is 21.9. The van der Waals surface area contributed by atoms with Crippen LogP contribution < -0.4 is 5.32 Å². The molecule has 1 unspecified atom stereocenters. The predicted molar refractivity (Wildman–Crippen MR) is 138 cm³/mol. The van der Waals surface area contributed by atoms with Crippen molar-refractivity contribution in [2.24, 2.45) is 5.92 Å². The second kappa shape index (κ2) is 12.3. The van der Waals surface area contributed by atoms with Crippen LogP contribution >= 0.6 is 11.6 Å². The number of hydrogen-bond donors (Lipinski definition) is 1. The molecule has 3 rings (SSSR count). The highest BCUT2D eigenvalue weighted by Gasteiger charge is 2.28. The van der Waals surface area contributed by atoms with E-state index in [1.54, 1.807) is 18.2 Å². The monoisotopic (exact) mass is 505 g/mol. The summed E-state index contributed by atoms with van der Waals surface area (Å²) in [6.07, 6.45) is 1.72. The summed E-state index contributed by atoms with van der Waals surface area (Å²) in [4.78, 5) is 15.4. The van der Waals surface area contributed by atoms with E-state index in [9.17, 15) is 13.2 Å². The number of piperidine rings is 1. The lowest BCUT2D eigenvalue weighted by atomic mass is 10.0. The fourth-order valence-corrected chi connectivity index (χ4v) is 6.25. The number of halogens is 1. The molecule has 1 aliphatic heterocycles. The SMILES string of the molecule is CCN(CC)C(CNCC(=O)c1cccc(S(=O)(=O)N2CCC(C)CC2)c1)c1ccccc1Cl. The summed E-state index contributed by atoms with van der Waals surface area (Å²) in [5, 5.41) is 3.98. The highest BCUT2D eigenvalue weighted by molar-refractivity contribution is 7.89. The summed E-state index contributed by atoms with van der Waals surface area (Å²) >= 11 is 6.46. The van der Waals surface area contributed by atoms with Crippen LogP contribution in [0.2, 0.25) is 5.02 Å². The Labute approximate surface area is 209 Å². The maximum absolute atomic E-state index is 13.1. The molecule has 0 radical (unpaired) electrons. The summed E-state index contributed by atoms with van der Waals surface area (Å²) in [7, 11) is -3.59. The Morgan fingerprint density at radius 3 is 2.44 bits per heavy atom. The van der Waals surface area contributed by atoms with Crippen LogP contribution in [0.1, 0.15) is 55.6 Å². The lowest BCUT2D eigenvalue weighted by Gasteiger charge is -2.31. The number of hydrogen-bond acceptors (Lipinski definition) is 5. The first kappa shape index (κ1) is 26.8. The fourth-order valence-electron chi connectivity index (χ4n) is 4.47. The van der Waals surface area contributed by atoms with E-state index in [0.717, 1.165) is 31.5 Å². The van der Waals surface area contributed by atoms with Crippen LogP contribution in [0.4, 0.5) is 0 Å². The van der Waals surface area contributed by atoms with Gasteiger partial charge in [-0.25, -0.2) is 8.42 Å². The topological polar surface area (TPSA) is 69.7 Å². The summed E-state index contributed by atoms with van der Waals surface area (Å²) < 4.78 is 27.7. The quantitative estimate of drug-likeness (QED) is 0.451. The zero-order chi connectivity index (χ0) is 24.7. The van der Waals surface area contributed by atoms with Crippen LogP contribution in [-0.2, 0) is 10.0 Å². The molecule has 0 saturated carbocycles. The number of sulfonamides is 1. The van der Waals surface area contributed by atoms with Crippen molar-refractivity contribution in [2.75, 3.05) is 39.3 Å². The van der Waals surface area contributed by atoms with Crippen LogP contribution in [0.25, 0.3) is 0 Å². The number of nitrogens with one attached hydrogen (secondary N) is 1. The van der Waals surface area contributed by atoms with Crippen molar-refractivity contribution >= 4 is 27.4 Å². The van der Waals surface area contributed by atoms with Gasteiger partial charge in [0.2, 0.25) is 10.0 Å². The Kier molecular flexibility index (Phi) is 9.68. The third-order valence-corrected chi connectivity index (χ3v) is 8.92. The van der Waals surface area contributed by atoms with Crippen LogP contribution in [0, 0.1) is 5.92 Å². The number of nitrogens with zero attached hydrogens (tertiary/aromatic N) is 2. The highest BCUT2D eigenvalue weighted by atomic mass is 35.5. The van der Waals surface area contributed by atoms with E-state index in [0.29, 0.717) is 36.1 Å². The summed E-state index contributed by atoms with van der Waals surface area (Å²) in [6, 6.07) is 14.2. The van der Waals surface area contributed by atoms with Gasteiger partial charge < -0.3 is 5.32 Å². The zero-order valence-electron chi connectivity index (χ0n) is 20.3. The standard InChI is InChI=1S/C26H36ClN3O3S/c1-4-29(5-2)25(23-11-6-7-12-24(23)27)18-28-19-26(31)21-9-8-10-22(17-21)34(32,33)30-15-13-20(3)14-16-30/h6-12,17,20,25,28H,4-5,13-16,18-19H2,1-3H3. The molecule has 1 N–H and O–H groups in total. The van der Waals surface area contributed by atoms with Crippen molar-refractivity contribution in [2.45, 2.75) is 44.6 Å². The first-order valence-corrected chi connectivity index (χ1v) is 13.9. The van der Waals surface area contributed by atoms with Crippen molar-refractivity contribution in [3.63, 3.8) is 0 Å². The second-order valence-corrected chi connectivity index (χ2v) is 11.3. The van der Waals surface area contributed by atoms with Gasteiger partial charge in [0.05, 0.1) is 11.4 Å². The van der Waals surface area contributed by atoms with Crippen LogP contribution in [0.5, 0.6) is 0 Å². The smallest absolute Gasteiger partial charge is 0.243 e. The van der Waals surface area contributed by atoms with E-state index >= 15 is 0 Å². The van der Waals surface area contributed by atoms with Gasteiger partial charge in [0.1, 0.15) is 0 Å². The number of rotatable bonds is 11. The summed E-state index contributed by atoms with van der Waals surface area (Å²) in [5.74, 6) is 0.401. The Balaban J connectivity index is 1.68. The maximum Gasteiger partial charge on any atom is 0.243 e. The Hall–Kier alpha value is -1.77. The van der Waals surface area contributed by atoms with Crippen LogP contribution in [0.3, 0.4) is 0 Å². The van der Waals surface area contributed by atoms with Gasteiger partial charge in [0, 0.05) is 36.3 Å². The minimum atomic E-state index is -3.59. The van der Waals surface area contributed by atoms with E-state index in [1.807, 2.05) is 24.3 Å². The molecule has 6 nitrogen and oxygen atoms in total. The second-order valence-electron chi connectivity index (χ2n) is 8.93. The third-order valence-electron chi connectivity index (χ3n) is 6.68. The Morgan fingerprint density at radius 1 is 1.12 bits per heavy atom. The lowest BCUT2D eigenvalue weighted by Crippen LogP contribution is -2.38. The molecular formula is C26H36ClN3O3S. The Morgan fingerprint density at radius 2 is 1.79 bits per heavy atom. The number of carbonyl (C=O) groups excluding carboxylic acids is 1. The van der Waals surface area contributed by atoms with Gasteiger partial charge in [-0.05, 0) is 55.6 Å². The van der Waals surface area contributed by atoms with E-state index in [1.165, 1.54) is 10.4 Å². The number of Topliss-reactive ketones (excluding diaryl/α,β-unsaturated/α-hetero) is 1. The Bertz CT molecular complexity index is 1060. The molecule has 186 valence electrons. The van der Waals surface area contributed by atoms with Gasteiger partial charge in [-0.3, -0.25) is 9.69 Å². The average molecular weight is 506 g/mol. The van der Waals surface area contributed by atoms with Crippen molar-refractivity contribution in [1.82, 2.24) is 14.5 Å². The van der Waals surface area contributed by atoms with Gasteiger partial charge in [-0.1, -0.05) is 62.7 Å². The van der Waals surface area contributed by atoms with Crippen molar-refractivity contribution < 1.29 is 13.2 Å². The number of benzene rings is 2. The molecule has 0 aromatic heterocycles. The molecule has 34 heavy (non-hydrogen) atoms. The molecule has 0 bridgehead atoms. The van der Waals surface area contributed by atoms with E-state index in [4.69, 9.17) is 11.6 Å². The molecule has 2 aromatic rings. The molecule has 0 aliphatic carbocycles. The van der Waals surface area contributed by atoms with Crippen molar-refractivity contribution in [1.29, 1.82) is 0 Å². The summed E-state index contributed by atoms with van der Waals surface area (Å²) in [6.45, 7) is 9.80. The molecule has 1 atom stereocenters. The molecule has 1 aliphatic rings. The van der Waals surface area contributed by atoms with E-state index in [-0.39, 0.29) is 23.3 Å². The lowest BCUT2D eigenvalue weighted by molar-refractivity contribution is 0.0986. The van der Waals surface area contributed by atoms with Gasteiger partial charge in [-0.2, -0.15) is 4.31 Å². The predicted octanol–water partition coefficient (Wildman–Crippen LogP) is 4.62. The van der Waals surface area contributed by atoms with Crippen molar-refractivity contribution in [3.05, 3.63) is 64.7 Å². The number of likely N-dealkylation sites (N-methyl/N-ethyl adjacent to an activating group) is 1. The molecule has 8 heteroatoms. The molecular weight excluding hydrogens is 470 g/mol. The summed E-state index contributed by atoms with van der Waals surface area (Å²) in [5.41, 5.74) is 1.42. The van der Waals surface area contributed by atoms with Crippen LogP contribution in [0.15, 0.2) is 53.4 Å². The number of ketones is 1. The van der Waals surface area contributed by atoms with Crippen LogP contribution in [-0.4, -0.2) is 62.7 Å². The molecule has 1 fully saturated rings. The third kappa shape index (κ3) is 6.46. The normalized spacial score (nSPS) is 16.6. The molecule has 0 spiro atoms. The minimum Gasteiger partial charge on any atom is -0.308 e. The molecule has 0 amide bonds. The maximum atomic E-state index is 13.1. The average Bonchev–Trinajstić information content (AvgIpc) is 2.84. The minimum absolute atomic E-state index is 0.0321. The van der Waals surface area contributed by atoms with Crippen molar-refractivity contribution in [3.8, 4) is 0 Å². The van der Waals surface area contributed by atoms with Gasteiger partial charge in [-0.15, -0.1) is 0 Å². The molecule has 1 heterocycles. The van der Waals surface area contributed by atoms with Gasteiger partial charge >= 0.3 is 0 Å². The first-order chi connectivity index (χ1) is 16.3. The fraction of sp³-hybridized carbons (Fsp3) is 0.500. The van der Waals surface area contributed by atoms with E-state index < -0.39 is 10.0 Å².